The largest absolute Gasteiger partial charge is 0.336 e. The predicted octanol–water partition coefficient (Wildman–Crippen LogP) is 1.50. The zero-order valence-electron chi connectivity index (χ0n) is 9.88. The molecule has 1 N–H and O–H groups in total. The molecule has 1 rings (SSSR count). The van der Waals surface area contributed by atoms with E-state index in [1.165, 1.54) is 4.31 Å². The monoisotopic (exact) mass is 272 g/mol. The number of aromatic nitrogens is 2. The predicted molar refractivity (Wildman–Crippen MR) is 73.1 cm³/mol. The van der Waals surface area contributed by atoms with Gasteiger partial charge in [0, 0.05) is 31.7 Å². The van der Waals surface area contributed by atoms with Crippen molar-refractivity contribution in [1.29, 1.82) is 0 Å². The van der Waals surface area contributed by atoms with Crippen molar-refractivity contribution in [2.75, 3.05) is 19.3 Å². The first-order valence-electron chi connectivity index (χ1n) is 5.15. The summed E-state index contributed by atoms with van der Waals surface area (Å²) in [5.74, 6) is 2.40. The summed E-state index contributed by atoms with van der Waals surface area (Å²) in [4.78, 5) is 19.5. The van der Waals surface area contributed by atoms with Crippen LogP contribution in [-0.4, -0.2) is 39.6 Å². The molecule has 1 aromatic heterocycles. The maximum absolute atomic E-state index is 11.1. The number of carbonyl (C=O) groups excluding carboxylic acids is 1. The van der Waals surface area contributed by atoms with Crippen LogP contribution in [0.1, 0.15) is 11.4 Å². The van der Waals surface area contributed by atoms with Gasteiger partial charge in [-0.1, -0.05) is 12.8 Å². The molecule has 1 heterocycles. The molecule has 0 unspecified atom stereocenters. The first kappa shape index (κ1) is 14.1. The van der Waals surface area contributed by atoms with Crippen molar-refractivity contribution in [2.45, 2.75) is 12.7 Å². The van der Waals surface area contributed by atoms with Crippen molar-refractivity contribution in [1.82, 2.24) is 19.6 Å². The number of nitrogens with zero attached hydrogens (tertiary/aromatic N) is 3. The number of hydrogen-bond donors (Lipinski definition) is 2. The van der Waals surface area contributed by atoms with Crippen LogP contribution in [0.2, 0.25) is 0 Å². The van der Waals surface area contributed by atoms with Gasteiger partial charge in [-0.2, -0.15) is 11.8 Å². The van der Waals surface area contributed by atoms with Crippen molar-refractivity contribution in [3.8, 4) is 0 Å². The molecule has 0 bridgehead atoms. The number of aryl methyl sites for hydroxylation is 1. The first-order chi connectivity index (χ1) is 8.09. The number of thioether (sulfide) groups is 1. The Kier molecular flexibility index (Phi) is 6.13. The molecule has 2 amide bonds. The van der Waals surface area contributed by atoms with Crippen molar-refractivity contribution in [3.05, 3.63) is 23.8 Å². The standard InChI is InChI=1S/C10H16N4OS2/c1-8-5-12-9(13-6-8)7-17-4-3-11-10(15)14(2)16/h5-6,16H,3-4,7H2,1-2H3,(H,11,15). The molecule has 0 spiro atoms. The Morgan fingerprint density at radius 3 is 2.76 bits per heavy atom. The van der Waals surface area contributed by atoms with Crippen LogP contribution in [0.3, 0.4) is 0 Å². The van der Waals surface area contributed by atoms with E-state index < -0.39 is 0 Å². The van der Waals surface area contributed by atoms with Crippen molar-refractivity contribution < 1.29 is 4.79 Å². The van der Waals surface area contributed by atoms with Gasteiger partial charge in [-0.25, -0.2) is 14.8 Å². The van der Waals surface area contributed by atoms with E-state index >= 15 is 0 Å². The number of carbonyl (C=O) groups is 1. The van der Waals surface area contributed by atoms with Crippen LogP contribution in [-0.2, 0) is 5.75 Å². The number of rotatable bonds is 5. The van der Waals surface area contributed by atoms with E-state index in [-0.39, 0.29) is 6.03 Å². The number of nitrogens with one attached hydrogen (secondary N) is 1. The summed E-state index contributed by atoms with van der Waals surface area (Å²) in [5, 5.41) is 2.73. The van der Waals surface area contributed by atoms with Gasteiger partial charge in [0.15, 0.2) is 0 Å². The Bertz CT molecular complexity index is 356. The molecule has 0 aliphatic carbocycles. The Morgan fingerprint density at radius 1 is 1.53 bits per heavy atom. The van der Waals surface area contributed by atoms with E-state index in [0.717, 1.165) is 22.9 Å². The van der Waals surface area contributed by atoms with Crippen LogP contribution in [0.5, 0.6) is 0 Å². The van der Waals surface area contributed by atoms with Gasteiger partial charge < -0.3 is 5.32 Å². The maximum Gasteiger partial charge on any atom is 0.326 e. The van der Waals surface area contributed by atoms with E-state index in [1.807, 2.05) is 6.92 Å². The molecule has 17 heavy (non-hydrogen) atoms. The van der Waals surface area contributed by atoms with E-state index in [9.17, 15) is 4.79 Å². The fourth-order valence-electron chi connectivity index (χ4n) is 1.00. The summed E-state index contributed by atoms with van der Waals surface area (Å²) in [6.45, 7) is 2.57. The summed E-state index contributed by atoms with van der Waals surface area (Å²) in [6.07, 6.45) is 3.61. The highest BCUT2D eigenvalue weighted by Crippen LogP contribution is 2.07. The third-order valence-electron chi connectivity index (χ3n) is 1.88. The molecule has 5 nitrogen and oxygen atoms in total. The van der Waals surface area contributed by atoms with Gasteiger partial charge in [0.2, 0.25) is 0 Å². The molecule has 1 aromatic rings. The number of hydrogen-bond acceptors (Lipinski definition) is 5. The van der Waals surface area contributed by atoms with E-state index in [4.69, 9.17) is 0 Å². The molecule has 0 aliphatic rings. The maximum atomic E-state index is 11.1. The highest BCUT2D eigenvalue weighted by molar-refractivity contribution is 7.98. The lowest BCUT2D eigenvalue weighted by atomic mass is 10.4. The van der Waals surface area contributed by atoms with E-state index in [1.54, 1.807) is 31.2 Å². The molecule has 7 heteroatoms. The average molecular weight is 272 g/mol. The van der Waals surface area contributed by atoms with E-state index in [0.29, 0.717) is 6.54 Å². The number of urea groups is 1. The van der Waals surface area contributed by atoms with Crippen LogP contribution < -0.4 is 5.32 Å². The Morgan fingerprint density at radius 2 is 2.18 bits per heavy atom. The molecule has 0 radical (unpaired) electrons. The zero-order chi connectivity index (χ0) is 12.7. The van der Waals surface area contributed by atoms with Gasteiger partial charge >= 0.3 is 6.03 Å². The Balaban J connectivity index is 2.12. The Hall–Kier alpha value is -0.950. The first-order valence-corrected chi connectivity index (χ1v) is 6.71. The van der Waals surface area contributed by atoms with Gasteiger partial charge in [-0.3, -0.25) is 4.31 Å². The highest BCUT2D eigenvalue weighted by Gasteiger charge is 2.02. The van der Waals surface area contributed by atoms with Gasteiger partial charge in [0.25, 0.3) is 0 Å². The minimum Gasteiger partial charge on any atom is -0.336 e. The van der Waals surface area contributed by atoms with Crippen LogP contribution >= 0.6 is 24.6 Å². The second-order valence-electron chi connectivity index (χ2n) is 3.48. The summed E-state index contributed by atoms with van der Waals surface area (Å²) in [6, 6.07) is -0.194. The lowest BCUT2D eigenvalue weighted by molar-refractivity contribution is 0.231. The summed E-state index contributed by atoms with van der Waals surface area (Å²) < 4.78 is 1.22. The fraction of sp³-hybridized carbons (Fsp3) is 0.500. The summed E-state index contributed by atoms with van der Waals surface area (Å²) >= 11 is 5.56. The van der Waals surface area contributed by atoms with Gasteiger partial charge in [-0.05, 0) is 12.5 Å². The number of amides is 2. The average Bonchev–Trinajstić information content (AvgIpc) is 2.30. The molecule has 0 fully saturated rings. The molecule has 94 valence electrons. The molecule has 0 atom stereocenters. The fourth-order valence-corrected chi connectivity index (χ4v) is 1.79. The van der Waals surface area contributed by atoms with Crippen molar-refractivity contribution in [2.24, 2.45) is 0 Å². The smallest absolute Gasteiger partial charge is 0.326 e. The molecule has 0 saturated carbocycles. The molecule has 0 aliphatic heterocycles. The van der Waals surface area contributed by atoms with Crippen LogP contribution in [0.15, 0.2) is 12.4 Å². The Labute approximate surface area is 111 Å². The highest BCUT2D eigenvalue weighted by atomic mass is 32.2. The molecule has 0 saturated heterocycles. The van der Waals surface area contributed by atoms with Gasteiger partial charge in [0.05, 0.1) is 5.75 Å². The lowest BCUT2D eigenvalue weighted by Gasteiger charge is -2.10. The van der Waals surface area contributed by atoms with Gasteiger partial charge in [0.1, 0.15) is 5.82 Å². The second-order valence-corrected chi connectivity index (χ2v) is 5.19. The quantitative estimate of drug-likeness (QED) is 0.630. The number of thiol groups is 1. The minimum absolute atomic E-state index is 0.194. The van der Waals surface area contributed by atoms with Crippen molar-refractivity contribution in [3.63, 3.8) is 0 Å². The topological polar surface area (TPSA) is 58.1 Å². The van der Waals surface area contributed by atoms with E-state index in [2.05, 4.69) is 28.1 Å². The summed E-state index contributed by atoms with van der Waals surface area (Å²) in [7, 11) is 1.59. The third-order valence-corrected chi connectivity index (χ3v) is 3.02. The normalized spacial score (nSPS) is 10.1. The SMILES string of the molecule is Cc1cnc(CSCCNC(=O)N(C)S)nc1. The lowest BCUT2D eigenvalue weighted by Crippen LogP contribution is -2.33. The molecular weight excluding hydrogens is 256 g/mol. The third kappa shape index (κ3) is 5.78. The van der Waals surface area contributed by atoms with Crippen LogP contribution in [0.25, 0.3) is 0 Å². The van der Waals surface area contributed by atoms with Gasteiger partial charge in [-0.15, -0.1) is 0 Å². The van der Waals surface area contributed by atoms with Crippen LogP contribution in [0.4, 0.5) is 4.79 Å². The molecular formula is C10H16N4OS2. The minimum atomic E-state index is -0.194. The van der Waals surface area contributed by atoms with Crippen molar-refractivity contribution >= 4 is 30.6 Å². The van der Waals surface area contributed by atoms with Crippen LogP contribution in [0, 0.1) is 6.92 Å². The zero-order valence-corrected chi connectivity index (χ0v) is 11.6. The summed E-state index contributed by atoms with van der Waals surface area (Å²) in [5.41, 5.74) is 1.06. The molecule has 0 aromatic carbocycles. The second kappa shape index (κ2) is 7.39.